The fourth-order valence-electron chi connectivity index (χ4n) is 1.98. The van der Waals surface area contributed by atoms with Gasteiger partial charge in [-0.1, -0.05) is 0 Å². The summed E-state index contributed by atoms with van der Waals surface area (Å²) in [4.78, 5) is 13.3. The number of rotatable bonds is 4. The van der Waals surface area contributed by atoms with Crippen molar-refractivity contribution >= 4 is 5.91 Å². The molecule has 1 amide bonds. The molecule has 0 bridgehead atoms. The summed E-state index contributed by atoms with van der Waals surface area (Å²) in [6.45, 7) is 1.23. The van der Waals surface area contributed by atoms with E-state index in [1.54, 1.807) is 0 Å². The van der Waals surface area contributed by atoms with Gasteiger partial charge in [-0.2, -0.15) is 0 Å². The fraction of sp³-hybridized carbons (Fsp3) is 0.900. The van der Waals surface area contributed by atoms with Crippen LogP contribution in [-0.4, -0.2) is 44.0 Å². The molecule has 0 unspecified atom stereocenters. The van der Waals surface area contributed by atoms with Crippen molar-refractivity contribution in [2.24, 2.45) is 11.7 Å². The molecule has 0 aromatic heterocycles. The minimum atomic E-state index is 0.123. The third kappa shape index (κ3) is 3.64. The Morgan fingerprint density at radius 2 is 2.21 bits per heavy atom. The van der Waals surface area contributed by atoms with Crippen LogP contribution in [-0.2, 0) is 4.79 Å². The zero-order valence-electron chi connectivity index (χ0n) is 9.12. The fourth-order valence-corrected chi connectivity index (χ4v) is 1.98. The molecule has 0 heterocycles. The van der Waals surface area contributed by atoms with Crippen molar-refractivity contribution in [3.8, 4) is 0 Å². The maximum absolute atomic E-state index is 11.4. The van der Waals surface area contributed by atoms with Crippen molar-refractivity contribution in [1.82, 2.24) is 10.2 Å². The number of carbonyl (C=O) groups excluding carboxylic acids is 1. The summed E-state index contributed by atoms with van der Waals surface area (Å²) in [5, 5.41) is 3.04. The third-order valence-electron chi connectivity index (χ3n) is 2.70. The van der Waals surface area contributed by atoms with Gasteiger partial charge in [0.15, 0.2) is 0 Å². The van der Waals surface area contributed by atoms with Crippen LogP contribution in [0.1, 0.15) is 19.3 Å². The molecule has 1 fully saturated rings. The van der Waals surface area contributed by atoms with E-state index in [4.69, 9.17) is 5.73 Å². The lowest BCUT2D eigenvalue weighted by Crippen LogP contribution is -2.39. The molecule has 82 valence electrons. The predicted octanol–water partition coefficient (Wildman–Crippen LogP) is -0.208. The molecule has 4 nitrogen and oxygen atoms in total. The lowest BCUT2D eigenvalue weighted by molar-refractivity contribution is -0.122. The van der Waals surface area contributed by atoms with Crippen LogP contribution in [0.5, 0.6) is 0 Å². The largest absolute Gasteiger partial charge is 0.352 e. The van der Waals surface area contributed by atoms with E-state index in [1.165, 1.54) is 0 Å². The minimum Gasteiger partial charge on any atom is -0.352 e. The van der Waals surface area contributed by atoms with Crippen LogP contribution in [0.3, 0.4) is 0 Å². The number of nitrogens with one attached hydrogen (secondary N) is 1. The third-order valence-corrected chi connectivity index (χ3v) is 2.70. The Labute approximate surface area is 85.8 Å². The van der Waals surface area contributed by atoms with E-state index in [-0.39, 0.29) is 5.91 Å². The summed E-state index contributed by atoms with van der Waals surface area (Å²) in [6, 6.07) is 0.357. The maximum atomic E-state index is 11.4. The first-order chi connectivity index (χ1) is 6.61. The molecular formula is C10H21N3O. The Bertz CT molecular complexity index is 194. The van der Waals surface area contributed by atoms with Crippen LogP contribution < -0.4 is 11.1 Å². The summed E-state index contributed by atoms with van der Waals surface area (Å²) in [7, 11) is 3.80. The van der Waals surface area contributed by atoms with Crippen LogP contribution in [0.2, 0.25) is 0 Å². The Morgan fingerprint density at radius 3 is 2.71 bits per heavy atom. The van der Waals surface area contributed by atoms with Gasteiger partial charge < -0.3 is 16.0 Å². The zero-order chi connectivity index (χ0) is 10.6. The zero-order valence-corrected chi connectivity index (χ0v) is 9.12. The molecule has 1 saturated carbocycles. The highest BCUT2D eigenvalue weighted by Gasteiger charge is 2.24. The smallest absolute Gasteiger partial charge is 0.234 e. The van der Waals surface area contributed by atoms with Gasteiger partial charge in [-0.05, 0) is 45.8 Å². The molecule has 4 heteroatoms. The van der Waals surface area contributed by atoms with Crippen LogP contribution in [0.25, 0.3) is 0 Å². The van der Waals surface area contributed by atoms with Gasteiger partial charge in [0.25, 0.3) is 0 Å². The Morgan fingerprint density at radius 1 is 1.50 bits per heavy atom. The number of hydrogen-bond acceptors (Lipinski definition) is 3. The van der Waals surface area contributed by atoms with Crippen LogP contribution in [0.15, 0.2) is 0 Å². The Hall–Kier alpha value is -0.610. The topological polar surface area (TPSA) is 58.4 Å². The van der Waals surface area contributed by atoms with Crippen molar-refractivity contribution in [3.63, 3.8) is 0 Å². The van der Waals surface area contributed by atoms with Gasteiger partial charge in [0.1, 0.15) is 0 Å². The average molecular weight is 199 g/mol. The first-order valence-electron chi connectivity index (χ1n) is 5.26. The van der Waals surface area contributed by atoms with Gasteiger partial charge in [-0.25, -0.2) is 0 Å². The molecule has 14 heavy (non-hydrogen) atoms. The summed E-state index contributed by atoms with van der Waals surface area (Å²) in [5.41, 5.74) is 5.59. The molecule has 1 aliphatic carbocycles. The van der Waals surface area contributed by atoms with Crippen molar-refractivity contribution < 1.29 is 4.79 Å². The Balaban J connectivity index is 2.22. The summed E-state index contributed by atoms with van der Waals surface area (Å²) < 4.78 is 0. The molecule has 1 aliphatic rings. The highest BCUT2D eigenvalue weighted by Crippen LogP contribution is 2.24. The van der Waals surface area contributed by atoms with Crippen molar-refractivity contribution in [3.05, 3.63) is 0 Å². The van der Waals surface area contributed by atoms with Crippen LogP contribution in [0, 0.1) is 5.92 Å². The van der Waals surface area contributed by atoms with Crippen LogP contribution in [0.4, 0.5) is 0 Å². The van der Waals surface area contributed by atoms with Gasteiger partial charge in [0.05, 0.1) is 6.54 Å². The normalized spacial score (nSPS) is 26.9. The van der Waals surface area contributed by atoms with Gasteiger partial charge in [-0.15, -0.1) is 0 Å². The first kappa shape index (κ1) is 11.5. The molecule has 0 aromatic rings. The van der Waals surface area contributed by atoms with E-state index in [1.807, 2.05) is 19.0 Å². The second-order valence-corrected chi connectivity index (χ2v) is 4.42. The lowest BCUT2D eigenvalue weighted by Gasteiger charge is -2.15. The SMILES string of the molecule is CN(C)CC(=O)N[C@@H]1CC[C@H](CN)C1. The number of carbonyl (C=O) groups is 1. The number of nitrogens with two attached hydrogens (primary N) is 1. The van der Waals surface area contributed by atoms with Crippen molar-refractivity contribution in [1.29, 1.82) is 0 Å². The molecule has 0 aromatic carbocycles. The highest BCUT2D eigenvalue weighted by atomic mass is 16.2. The van der Waals surface area contributed by atoms with E-state index >= 15 is 0 Å². The monoisotopic (exact) mass is 199 g/mol. The predicted molar refractivity (Wildman–Crippen MR) is 56.9 cm³/mol. The first-order valence-corrected chi connectivity index (χ1v) is 5.26. The molecule has 0 aliphatic heterocycles. The average Bonchev–Trinajstić information content (AvgIpc) is 2.50. The van der Waals surface area contributed by atoms with Gasteiger partial charge in [-0.3, -0.25) is 4.79 Å². The Kier molecular flexibility index (Phi) is 4.35. The second-order valence-electron chi connectivity index (χ2n) is 4.42. The number of hydrogen-bond donors (Lipinski definition) is 2. The van der Waals surface area contributed by atoms with E-state index < -0.39 is 0 Å². The van der Waals surface area contributed by atoms with Crippen molar-refractivity contribution in [2.45, 2.75) is 25.3 Å². The highest BCUT2D eigenvalue weighted by molar-refractivity contribution is 5.78. The minimum absolute atomic E-state index is 0.123. The van der Waals surface area contributed by atoms with Crippen LogP contribution >= 0.6 is 0 Å². The summed E-state index contributed by atoms with van der Waals surface area (Å²) in [5.74, 6) is 0.734. The van der Waals surface area contributed by atoms with E-state index in [9.17, 15) is 4.79 Å². The summed E-state index contributed by atoms with van der Waals surface area (Å²) >= 11 is 0. The molecular weight excluding hydrogens is 178 g/mol. The molecule has 3 N–H and O–H groups in total. The molecule has 1 rings (SSSR count). The van der Waals surface area contributed by atoms with Gasteiger partial charge >= 0.3 is 0 Å². The molecule has 0 spiro atoms. The van der Waals surface area contributed by atoms with E-state index in [0.29, 0.717) is 18.5 Å². The van der Waals surface area contributed by atoms with E-state index in [2.05, 4.69) is 5.32 Å². The molecule has 0 saturated heterocycles. The lowest BCUT2D eigenvalue weighted by atomic mass is 10.1. The molecule has 2 atom stereocenters. The summed E-state index contributed by atoms with van der Waals surface area (Å²) in [6.07, 6.45) is 3.29. The second kappa shape index (κ2) is 5.32. The van der Waals surface area contributed by atoms with E-state index in [0.717, 1.165) is 25.8 Å². The number of amides is 1. The van der Waals surface area contributed by atoms with Gasteiger partial charge in [0.2, 0.25) is 5.91 Å². The number of likely N-dealkylation sites (N-methyl/N-ethyl adjacent to an activating group) is 1. The molecule has 0 radical (unpaired) electrons. The van der Waals surface area contributed by atoms with Gasteiger partial charge in [0, 0.05) is 6.04 Å². The maximum Gasteiger partial charge on any atom is 0.234 e. The standard InChI is InChI=1S/C10H21N3O/c1-13(2)7-10(14)12-9-4-3-8(5-9)6-11/h8-9H,3-7,11H2,1-2H3,(H,12,14)/t8-,9+/m0/s1. The number of nitrogens with zero attached hydrogens (tertiary/aromatic N) is 1. The van der Waals surface area contributed by atoms with Crippen molar-refractivity contribution in [2.75, 3.05) is 27.2 Å². The quantitative estimate of drug-likeness (QED) is 0.659.